The lowest BCUT2D eigenvalue weighted by molar-refractivity contribution is 0.690. The van der Waals surface area contributed by atoms with E-state index in [4.69, 9.17) is 5.73 Å². The third kappa shape index (κ3) is 3.92. The Morgan fingerprint density at radius 3 is 2.27 bits per heavy atom. The molecule has 15 heavy (non-hydrogen) atoms. The van der Waals surface area contributed by atoms with Crippen molar-refractivity contribution in [2.24, 2.45) is 5.73 Å². The van der Waals surface area contributed by atoms with Crippen molar-refractivity contribution in [3.8, 4) is 0 Å². The molecule has 84 valence electrons. The van der Waals surface area contributed by atoms with Crippen LogP contribution >= 0.6 is 0 Å². The molecule has 0 heterocycles. The summed E-state index contributed by atoms with van der Waals surface area (Å²) in [4.78, 5) is 0. The van der Waals surface area contributed by atoms with Gasteiger partial charge in [0.25, 0.3) is 0 Å². The molecule has 0 aliphatic heterocycles. The molecular weight excluding hydrogens is 184 g/mol. The number of nitrogens with two attached hydrogens (primary N) is 1. The van der Waals surface area contributed by atoms with E-state index in [1.54, 1.807) is 0 Å². The van der Waals surface area contributed by atoms with Crippen LogP contribution in [0.15, 0.2) is 24.3 Å². The molecule has 0 aromatic heterocycles. The highest BCUT2D eigenvalue weighted by atomic mass is 14.9. The summed E-state index contributed by atoms with van der Waals surface area (Å²) in [6, 6.07) is 9.04. The molecule has 2 nitrogen and oxygen atoms in total. The lowest BCUT2D eigenvalue weighted by Gasteiger charge is -2.15. The van der Waals surface area contributed by atoms with Crippen LogP contribution in [0.5, 0.6) is 0 Å². The van der Waals surface area contributed by atoms with Gasteiger partial charge in [-0.2, -0.15) is 0 Å². The molecule has 2 heteroatoms. The molecule has 2 atom stereocenters. The Kier molecular flexibility index (Phi) is 4.63. The van der Waals surface area contributed by atoms with E-state index >= 15 is 0 Å². The molecule has 2 unspecified atom stereocenters. The van der Waals surface area contributed by atoms with Crippen LogP contribution in [0.4, 0.5) is 5.69 Å². The first kappa shape index (κ1) is 12.1. The van der Waals surface area contributed by atoms with Crippen molar-refractivity contribution in [3.05, 3.63) is 29.8 Å². The van der Waals surface area contributed by atoms with Gasteiger partial charge in [0.2, 0.25) is 0 Å². The van der Waals surface area contributed by atoms with Crippen molar-refractivity contribution in [3.63, 3.8) is 0 Å². The van der Waals surface area contributed by atoms with Crippen molar-refractivity contribution in [2.45, 2.75) is 45.7 Å². The largest absolute Gasteiger partial charge is 0.383 e. The Hall–Kier alpha value is -1.02. The minimum Gasteiger partial charge on any atom is -0.383 e. The maximum absolute atomic E-state index is 5.79. The second kappa shape index (κ2) is 5.76. The first-order valence-corrected chi connectivity index (χ1v) is 5.75. The third-order valence-electron chi connectivity index (χ3n) is 2.57. The predicted molar refractivity (Wildman–Crippen MR) is 67.0 cm³/mol. The number of nitrogens with one attached hydrogen (secondary N) is 1. The number of hydrogen-bond acceptors (Lipinski definition) is 2. The maximum atomic E-state index is 5.79. The molecule has 3 N–H and O–H groups in total. The average molecular weight is 206 g/mol. The fourth-order valence-corrected chi connectivity index (χ4v) is 1.67. The zero-order valence-corrected chi connectivity index (χ0v) is 9.96. The summed E-state index contributed by atoms with van der Waals surface area (Å²) in [7, 11) is 0. The minimum atomic E-state index is 0.118. The third-order valence-corrected chi connectivity index (χ3v) is 2.57. The molecule has 0 spiro atoms. The van der Waals surface area contributed by atoms with Crippen molar-refractivity contribution >= 4 is 5.69 Å². The molecule has 1 rings (SSSR count). The van der Waals surface area contributed by atoms with Gasteiger partial charge < -0.3 is 11.1 Å². The van der Waals surface area contributed by atoms with Crippen LogP contribution in [0, 0.1) is 0 Å². The van der Waals surface area contributed by atoms with Gasteiger partial charge in [0, 0.05) is 17.8 Å². The summed E-state index contributed by atoms with van der Waals surface area (Å²) in [5.74, 6) is 0. The summed E-state index contributed by atoms with van der Waals surface area (Å²) < 4.78 is 0. The lowest BCUT2D eigenvalue weighted by atomic mass is 10.1. The van der Waals surface area contributed by atoms with Gasteiger partial charge in [-0.3, -0.25) is 0 Å². The summed E-state index contributed by atoms with van der Waals surface area (Å²) in [5, 5.41) is 3.47. The Morgan fingerprint density at radius 2 is 1.80 bits per heavy atom. The molecule has 0 amide bonds. The molecule has 1 aromatic carbocycles. The number of anilines is 1. The van der Waals surface area contributed by atoms with Crippen molar-refractivity contribution in [1.29, 1.82) is 0 Å². The first-order chi connectivity index (χ1) is 7.13. The molecular formula is C13H22N2. The van der Waals surface area contributed by atoms with Crippen LogP contribution in [0.25, 0.3) is 0 Å². The van der Waals surface area contributed by atoms with E-state index in [0.29, 0.717) is 6.04 Å². The van der Waals surface area contributed by atoms with Crippen LogP contribution in [0.1, 0.15) is 45.2 Å². The number of benzene rings is 1. The van der Waals surface area contributed by atoms with Crippen LogP contribution in [-0.2, 0) is 0 Å². The second-order valence-corrected chi connectivity index (χ2v) is 4.24. The number of rotatable bonds is 5. The van der Waals surface area contributed by atoms with Crippen LogP contribution in [0.2, 0.25) is 0 Å². The van der Waals surface area contributed by atoms with Crippen molar-refractivity contribution in [1.82, 2.24) is 0 Å². The monoisotopic (exact) mass is 206 g/mol. The predicted octanol–water partition coefficient (Wildman–Crippen LogP) is 3.31. The molecule has 0 aliphatic rings. The summed E-state index contributed by atoms with van der Waals surface area (Å²) in [6.45, 7) is 6.42. The van der Waals surface area contributed by atoms with E-state index in [1.807, 2.05) is 6.92 Å². The van der Waals surface area contributed by atoms with E-state index in [0.717, 1.165) is 0 Å². The summed E-state index contributed by atoms with van der Waals surface area (Å²) >= 11 is 0. The van der Waals surface area contributed by atoms with Gasteiger partial charge in [0.15, 0.2) is 0 Å². The standard InChI is InChI=1S/C13H22N2/c1-4-5-10(2)15-13-8-6-12(7-9-13)11(3)14/h6-11,15H,4-5,14H2,1-3H3. The maximum Gasteiger partial charge on any atom is 0.0342 e. The molecule has 0 fully saturated rings. The van der Waals surface area contributed by atoms with E-state index in [1.165, 1.54) is 24.1 Å². The Morgan fingerprint density at radius 1 is 1.20 bits per heavy atom. The van der Waals surface area contributed by atoms with E-state index in [-0.39, 0.29) is 6.04 Å². The fraction of sp³-hybridized carbons (Fsp3) is 0.538. The van der Waals surface area contributed by atoms with Gasteiger partial charge in [0.1, 0.15) is 0 Å². The van der Waals surface area contributed by atoms with Crippen LogP contribution < -0.4 is 11.1 Å². The van der Waals surface area contributed by atoms with Crippen LogP contribution in [0.3, 0.4) is 0 Å². The zero-order valence-electron chi connectivity index (χ0n) is 9.96. The fourth-order valence-electron chi connectivity index (χ4n) is 1.67. The molecule has 0 bridgehead atoms. The SMILES string of the molecule is CCCC(C)Nc1ccc(C(C)N)cc1. The van der Waals surface area contributed by atoms with Gasteiger partial charge in [-0.25, -0.2) is 0 Å². The molecule has 0 saturated carbocycles. The Bertz CT molecular complexity index is 277. The van der Waals surface area contributed by atoms with E-state index in [2.05, 4.69) is 43.4 Å². The van der Waals surface area contributed by atoms with Gasteiger partial charge in [-0.15, -0.1) is 0 Å². The second-order valence-electron chi connectivity index (χ2n) is 4.24. The first-order valence-electron chi connectivity index (χ1n) is 5.75. The molecule has 0 radical (unpaired) electrons. The highest BCUT2D eigenvalue weighted by molar-refractivity contribution is 5.45. The van der Waals surface area contributed by atoms with Crippen molar-refractivity contribution in [2.75, 3.05) is 5.32 Å². The quantitative estimate of drug-likeness (QED) is 0.775. The highest BCUT2D eigenvalue weighted by Crippen LogP contribution is 2.15. The Balaban J connectivity index is 2.56. The van der Waals surface area contributed by atoms with Gasteiger partial charge in [-0.05, 0) is 38.0 Å². The average Bonchev–Trinajstić information content (AvgIpc) is 2.18. The van der Waals surface area contributed by atoms with Crippen molar-refractivity contribution < 1.29 is 0 Å². The summed E-state index contributed by atoms with van der Waals surface area (Å²) in [6.07, 6.45) is 2.42. The van der Waals surface area contributed by atoms with Gasteiger partial charge in [0.05, 0.1) is 0 Å². The normalized spacial score (nSPS) is 14.7. The zero-order chi connectivity index (χ0) is 11.3. The molecule has 0 aliphatic carbocycles. The minimum absolute atomic E-state index is 0.118. The Labute approximate surface area is 92.9 Å². The lowest BCUT2D eigenvalue weighted by Crippen LogP contribution is -2.14. The summed E-state index contributed by atoms with van der Waals surface area (Å²) in [5.41, 5.74) is 8.16. The smallest absolute Gasteiger partial charge is 0.0342 e. The number of hydrogen-bond donors (Lipinski definition) is 2. The van der Waals surface area contributed by atoms with Crippen LogP contribution in [-0.4, -0.2) is 6.04 Å². The topological polar surface area (TPSA) is 38.0 Å². The van der Waals surface area contributed by atoms with Gasteiger partial charge >= 0.3 is 0 Å². The van der Waals surface area contributed by atoms with Gasteiger partial charge in [-0.1, -0.05) is 25.5 Å². The van der Waals surface area contributed by atoms with E-state index < -0.39 is 0 Å². The molecule has 1 aromatic rings. The van der Waals surface area contributed by atoms with E-state index in [9.17, 15) is 0 Å². The highest BCUT2D eigenvalue weighted by Gasteiger charge is 2.01. The molecule has 0 saturated heterocycles.